The van der Waals surface area contributed by atoms with E-state index >= 15 is 0 Å². The van der Waals surface area contributed by atoms with Crippen molar-refractivity contribution in [3.63, 3.8) is 0 Å². The Morgan fingerprint density at radius 1 is 0.829 bits per heavy atom. The van der Waals surface area contributed by atoms with Crippen molar-refractivity contribution >= 4 is 23.0 Å². The van der Waals surface area contributed by atoms with Crippen LogP contribution in [-0.2, 0) is 11.3 Å². The number of hydrazone groups is 1. The number of hydrogen-bond donors (Lipinski definition) is 1. The Bertz CT molecular complexity index is 1460. The molecule has 0 fully saturated rings. The van der Waals surface area contributed by atoms with Crippen LogP contribution < -0.4 is 10.2 Å². The highest BCUT2D eigenvalue weighted by molar-refractivity contribution is 5.99. The lowest BCUT2D eigenvalue weighted by molar-refractivity contribution is -0.123. The van der Waals surface area contributed by atoms with Gasteiger partial charge in [0.2, 0.25) is 0 Å². The lowest BCUT2D eigenvalue weighted by Crippen LogP contribution is -2.24. The molecule has 0 atom stereocenters. The predicted molar refractivity (Wildman–Crippen MR) is 141 cm³/mol. The van der Waals surface area contributed by atoms with Gasteiger partial charge in [0.15, 0.2) is 6.61 Å². The molecular formula is C30H25N3O2. The van der Waals surface area contributed by atoms with Crippen LogP contribution in [0.15, 0.2) is 120 Å². The van der Waals surface area contributed by atoms with Crippen LogP contribution in [0.1, 0.15) is 11.1 Å². The van der Waals surface area contributed by atoms with Crippen LogP contribution in [0.3, 0.4) is 0 Å². The van der Waals surface area contributed by atoms with Crippen molar-refractivity contribution in [2.24, 2.45) is 5.10 Å². The number of amides is 1. The van der Waals surface area contributed by atoms with Gasteiger partial charge in [-0.05, 0) is 23.3 Å². The topological polar surface area (TPSA) is 55.6 Å². The summed E-state index contributed by atoms with van der Waals surface area (Å²) >= 11 is 0. The number of benzene rings is 4. The van der Waals surface area contributed by atoms with E-state index < -0.39 is 0 Å². The van der Waals surface area contributed by atoms with Crippen molar-refractivity contribution in [1.29, 1.82) is 0 Å². The second-order valence-corrected chi connectivity index (χ2v) is 8.16. The number of nitrogens with one attached hydrogen (secondary N) is 1. The highest BCUT2D eigenvalue weighted by Crippen LogP contribution is 2.29. The summed E-state index contributed by atoms with van der Waals surface area (Å²) in [6.07, 6.45) is 3.74. The van der Waals surface area contributed by atoms with Crippen LogP contribution in [-0.4, -0.2) is 23.3 Å². The first-order valence-electron chi connectivity index (χ1n) is 11.5. The largest absolute Gasteiger partial charge is 0.483 e. The lowest BCUT2D eigenvalue weighted by Gasteiger charge is -2.10. The molecule has 5 rings (SSSR count). The molecule has 5 nitrogen and oxygen atoms in total. The van der Waals surface area contributed by atoms with Crippen LogP contribution in [0.2, 0.25) is 0 Å². The molecule has 0 aliphatic heterocycles. The second kappa shape index (κ2) is 10.5. The van der Waals surface area contributed by atoms with Crippen molar-refractivity contribution in [2.45, 2.75) is 6.54 Å². The summed E-state index contributed by atoms with van der Waals surface area (Å²) in [6.45, 7) is 0.632. The molecule has 172 valence electrons. The van der Waals surface area contributed by atoms with Crippen molar-refractivity contribution in [2.75, 3.05) is 6.61 Å². The summed E-state index contributed by atoms with van der Waals surface area (Å²) in [7, 11) is 0. The van der Waals surface area contributed by atoms with Crippen LogP contribution in [0.25, 0.3) is 22.0 Å². The van der Waals surface area contributed by atoms with Gasteiger partial charge < -0.3 is 9.30 Å². The highest BCUT2D eigenvalue weighted by atomic mass is 16.5. The molecule has 0 aliphatic carbocycles. The van der Waals surface area contributed by atoms with Crippen LogP contribution >= 0.6 is 0 Å². The molecule has 1 N–H and O–H groups in total. The molecule has 1 aromatic heterocycles. The number of hydrogen-bond acceptors (Lipinski definition) is 3. The zero-order valence-electron chi connectivity index (χ0n) is 19.2. The van der Waals surface area contributed by atoms with E-state index in [0.29, 0.717) is 5.75 Å². The van der Waals surface area contributed by atoms with E-state index in [-0.39, 0.29) is 12.5 Å². The van der Waals surface area contributed by atoms with Gasteiger partial charge in [0.1, 0.15) is 5.75 Å². The number of carbonyl (C=O) groups is 1. The number of nitrogens with zero attached hydrogens (tertiary/aromatic N) is 2. The minimum Gasteiger partial charge on any atom is -0.483 e. The third kappa shape index (κ3) is 5.31. The van der Waals surface area contributed by atoms with E-state index in [0.717, 1.165) is 34.1 Å². The number of ether oxygens (including phenoxy) is 1. The first-order valence-corrected chi connectivity index (χ1v) is 11.5. The molecule has 4 aromatic carbocycles. The Morgan fingerprint density at radius 3 is 2.34 bits per heavy atom. The second-order valence-electron chi connectivity index (χ2n) is 8.16. The van der Waals surface area contributed by atoms with Crippen LogP contribution in [0, 0.1) is 0 Å². The Morgan fingerprint density at radius 2 is 1.51 bits per heavy atom. The van der Waals surface area contributed by atoms with Crippen molar-refractivity contribution in [3.05, 3.63) is 127 Å². The summed E-state index contributed by atoms with van der Waals surface area (Å²) < 4.78 is 8.00. The lowest BCUT2D eigenvalue weighted by atomic mass is 10.1. The summed E-state index contributed by atoms with van der Waals surface area (Å²) in [5.74, 6) is 0.332. The standard InChI is InChI=1S/C30H25N3O2/c34-30(22-35-29-18-10-8-16-27(29)24-13-5-2-6-14-24)32-31-19-25-21-33(20-23-11-3-1-4-12-23)28-17-9-7-15-26(25)28/h1-19,21H,20,22H2,(H,32,34)/b31-19+. The molecule has 0 saturated carbocycles. The minimum atomic E-state index is -0.322. The van der Waals surface area contributed by atoms with Crippen LogP contribution in [0.4, 0.5) is 0 Å². The van der Waals surface area contributed by atoms with Gasteiger partial charge >= 0.3 is 0 Å². The number of para-hydroxylation sites is 2. The molecule has 0 bridgehead atoms. The first-order chi connectivity index (χ1) is 17.3. The zero-order valence-corrected chi connectivity index (χ0v) is 19.2. The maximum atomic E-state index is 12.4. The molecule has 0 spiro atoms. The molecule has 0 aliphatic rings. The fraction of sp³-hybridized carbons (Fsp3) is 0.0667. The Hall–Kier alpha value is -4.64. The van der Waals surface area contributed by atoms with Gasteiger partial charge in [-0.1, -0.05) is 97.1 Å². The summed E-state index contributed by atoms with van der Waals surface area (Å²) in [5.41, 5.74) is 7.83. The van der Waals surface area contributed by atoms with Gasteiger partial charge in [0, 0.05) is 34.8 Å². The minimum absolute atomic E-state index is 0.128. The van der Waals surface area contributed by atoms with E-state index in [1.165, 1.54) is 5.56 Å². The molecule has 1 heterocycles. The number of rotatable bonds is 8. The van der Waals surface area contributed by atoms with Gasteiger partial charge in [-0.2, -0.15) is 5.10 Å². The smallest absolute Gasteiger partial charge is 0.277 e. The van der Waals surface area contributed by atoms with Crippen molar-refractivity contribution in [3.8, 4) is 16.9 Å². The maximum Gasteiger partial charge on any atom is 0.277 e. The third-order valence-electron chi connectivity index (χ3n) is 5.74. The molecule has 5 heteroatoms. The fourth-order valence-corrected chi connectivity index (χ4v) is 4.09. The Kier molecular flexibility index (Phi) is 6.67. The van der Waals surface area contributed by atoms with Gasteiger partial charge in [-0.15, -0.1) is 0 Å². The highest BCUT2D eigenvalue weighted by Gasteiger charge is 2.09. The summed E-state index contributed by atoms with van der Waals surface area (Å²) in [6, 6.07) is 36.1. The molecular weight excluding hydrogens is 434 g/mol. The number of fused-ring (bicyclic) bond motifs is 1. The van der Waals surface area contributed by atoms with E-state index in [4.69, 9.17) is 4.74 Å². The monoisotopic (exact) mass is 459 g/mol. The van der Waals surface area contributed by atoms with Crippen LogP contribution in [0.5, 0.6) is 5.75 Å². The van der Waals surface area contributed by atoms with Crippen molar-refractivity contribution < 1.29 is 9.53 Å². The van der Waals surface area contributed by atoms with Crippen molar-refractivity contribution in [1.82, 2.24) is 9.99 Å². The molecule has 1 amide bonds. The SMILES string of the molecule is O=C(COc1ccccc1-c1ccccc1)N/N=C/c1cn(Cc2ccccc2)c2ccccc12. The fourth-order valence-electron chi connectivity index (χ4n) is 4.09. The van der Waals surface area contributed by atoms with E-state index in [1.807, 2.05) is 84.9 Å². The average molecular weight is 460 g/mol. The Balaban J connectivity index is 1.25. The summed E-state index contributed by atoms with van der Waals surface area (Å²) in [5, 5.41) is 5.27. The normalized spacial score (nSPS) is 11.1. The van der Waals surface area contributed by atoms with E-state index in [9.17, 15) is 4.79 Å². The number of aromatic nitrogens is 1. The molecule has 0 radical (unpaired) electrons. The molecule has 5 aromatic rings. The maximum absolute atomic E-state index is 12.4. The summed E-state index contributed by atoms with van der Waals surface area (Å²) in [4.78, 5) is 12.4. The molecule has 0 unspecified atom stereocenters. The zero-order chi connectivity index (χ0) is 23.9. The first kappa shape index (κ1) is 22.2. The molecule has 0 saturated heterocycles. The van der Waals surface area contributed by atoms with Gasteiger partial charge in [-0.3, -0.25) is 4.79 Å². The quantitative estimate of drug-likeness (QED) is 0.233. The number of carbonyl (C=O) groups excluding carboxylic acids is 1. The van der Waals surface area contributed by atoms with Gasteiger partial charge in [0.25, 0.3) is 5.91 Å². The van der Waals surface area contributed by atoms with E-state index in [1.54, 1.807) is 6.21 Å². The van der Waals surface area contributed by atoms with E-state index in [2.05, 4.69) is 45.6 Å². The van der Waals surface area contributed by atoms with Gasteiger partial charge in [-0.25, -0.2) is 5.43 Å². The van der Waals surface area contributed by atoms with Gasteiger partial charge in [0.05, 0.1) is 6.21 Å². The Labute approximate surface area is 204 Å². The third-order valence-corrected chi connectivity index (χ3v) is 5.74. The average Bonchev–Trinajstić information content (AvgIpc) is 3.26. The molecule has 35 heavy (non-hydrogen) atoms. The predicted octanol–water partition coefficient (Wildman–Crippen LogP) is 5.89.